The van der Waals surface area contributed by atoms with Gasteiger partial charge in [0.05, 0.1) is 23.9 Å². The summed E-state index contributed by atoms with van der Waals surface area (Å²) in [5.41, 5.74) is 0.585. The standard InChI is InChI=1S/C18H28N2O5/c1-3-24-17(22)16-12(2)19-18(23)20-14(16)11-25-15(21)10-9-13-7-5-4-6-8-13/h12-13H,3-11H2,1-2H3,(H2,19,20,23)/t12-/m1/s1. The number of esters is 2. The van der Waals surface area contributed by atoms with Crippen LogP contribution >= 0.6 is 0 Å². The van der Waals surface area contributed by atoms with E-state index in [-0.39, 0.29) is 19.2 Å². The molecular weight excluding hydrogens is 324 g/mol. The van der Waals surface area contributed by atoms with Gasteiger partial charge >= 0.3 is 18.0 Å². The van der Waals surface area contributed by atoms with Crippen LogP contribution < -0.4 is 10.6 Å². The van der Waals surface area contributed by atoms with Gasteiger partial charge in [0, 0.05) is 6.42 Å². The third-order valence-corrected chi connectivity index (χ3v) is 4.72. The average molecular weight is 352 g/mol. The van der Waals surface area contributed by atoms with E-state index in [1.165, 1.54) is 32.1 Å². The second-order valence-corrected chi connectivity index (χ2v) is 6.64. The smallest absolute Gasteiger partial charge is 0.338 e. The van der Waals surface area contributed by atoms with Crippen LogP contribution in [0.1, 0.15) is 58.8 Å². The number of carbonyl (C=O) groups excluding carboxylic acids is 3. The zero-order chi connectivity index (χ0) is 18.2. The van der Waals surface area contributed by atoms with Crippen molar-refractivity contribution in [2.75, 3.05) is 13.2 Å². The first-order valence-electron chi connectivity index (χ1n) is 9.14. The molecule has 2 N–H and O–H groups in total. The Morgan fingerprint density at radius 3 is 2.56 bits per heavy atom. The van der Waals surface area contributed by atoms with Gasteiger partial charge in [0.2, 0.25) is 0 Å². The molecule has 1 saturated carbocycles. The lowest BCUT2D eigenvalue weighted by Crippen LogP contribution is -2.50. The highest BCUT2D eigenvalue weighted by Crippen LogP contribution is 2.27. The molecular formula is C18H28N2O5. The zero-order valence-corrected chi connectivity index (χ0v) is 15.1. The first kappa shape index (κ1) is 19.3. The van der Waals surface area contributed by atoms with Gasteiger partial charge in [-0.25, -0.2) is 9.59 Å². The van der Waals surface area contributed by atoms with E-state index in [9.17, 15) is 14.4 Å². The van der Waals surface area contributed by atoms with Gasteiger partial charge in [-0.1, -0.05) is 32.1 Å². The van der Waals surface area contributed by atoms with E-state index in [1.807, 2.05) is 0 Å². The van der Waals surface area contributed by atoms with Crippen molar-refractivity contribution in [1.29, 1.82) is 0 Å². The fourth-order valence-corrected chi connectivity index (χ4v) is 3.42. The highest BCUT2D eigenvalue weighted by molar-refractivity contribution is 5.94. The molecule has 2 amide bonds. The average Bonchev–Trinajstić information content (AvgIpc) is 2.58. The minimum absolute atomic E-state index is 0.130. The van der Waals surface area contributed by atoms with Crippen LogP contribution in [0, 0.1) is 5.92 Å². The van der Waals surface area contributed by atoms with Gasteiger partial charge in [-0.3, -0.25) is 4.79 Å². The summed E-state index contributed by atoms with van der Waals surface area (Å²) in [5, 5.41) is 5.15. The van der Waals surface area contributed by atoms with Gasteiger partial charge < -0.3 is 20.1 Å². The van der Waals surface area contributed by atoms with E-state index >= 15 is 0 Å². The molecule has 0 unspecified atom stereocenters. The quantitative estimate of drug-likeness (QED) is 0.686. The Morgan fingerprint density at radius 2 is 1.88 bits per heavy atom. The van der Waals surface area contributed by atoms with E-state index in [0.717, 1.165) is 6.42 Å². The molecule has 2 rings (SSSR count). The number of hydrogen-bond donors (Lipinski definition) is 2. The Morgan fingerprint density at radius 1 is 1.16 bits per heavy atom. The lowest BCUT2D eigenvalue weighted by molar-refractivity contribution is -0.144. The molecule has 0 radical (unpaired) electrons. The van der Waals surface area contributed by atoms with Gasteiger partial charge in [0.25, 0.3) is 0 Å². The Bertz CT molecular complexity index is 538. The van der Waals surface area contributed by atoms with Crippen LogP contribution in [-0.2, 0) is 19.1 Å². The van der Waals surface area contributed by atoms with Gasteiger partial charge in [0.1, 0.15) is 6.61 Å². The molecule has 1 fully saturated rings. The summed E-state index contributed by atoms with van der Waals surface area (Å²) < 4.78 is 10.3. The molecule has 0 aromatic heterocycles. The number of ether oxygens (including phenoxy) is 2. The second kappa shape index (κ2) is 9.44. The van der Waals surface area contributed by atoms with Gasteiger partial charge in [-0.2, -0.15) is 0 Å². The number of nitrogens with one attached hydrogen (secondary N) is 2. The number of urea groups is 1. The van der Waals surface area contributed by atoms with Crippen LogP contribution in [0.4, 0.5) is 4.79 Å². The zero-order valence-electron chi connectivity index (χ0n) is 15.1. The number of rotatable bonds is 7. The summed E-state index contributed by atoms with van der Waals surface area (Å²) in [6.45, 7) is 3.51. The topological polar surface area (TPSA) is 93.7 Å². The minimum atomic E-state index is -0.518. The van der Waals surface area contributed by atoms with E-state index < -0.39 is 18.0 Å². The molecule has 0 aromatic carbocycles. The Kier molecular flexibility index (Phi) is 7.28. The molecule has 2 aliphatic rings. The minimum Gasteiger partial charge on any atom is -0.463 e. The summed E-state index contributed by atoms with van der Waals surface area (Å²) in [6.07, 6.45) is 7.35. The summed E-state index contributed by atoms with van der Waals surface area (Å²) in [5.74, 6) is -0.216. The first-order valence-corrected chi connectivity index (χ1v) is 9.14. The van der Waals surface area contributed by atoms with Crippen molar-refractivity contribution in [3.63, 3.8) is 0 Å². The second-order valence-electron chi connectivity index (χ2n) is 6.64. The maximum atomic E-state index is 12.1. The lowest BCUT2D eigenvalue weighted by Gasteiger charge is -2.26. The summed E-state index contributed by atoms with van der Waals surface area (Å²) in [7, 11) is 0. The monoisotopic (exact) mass is 352 g/mol. The van der Waals surface area contributed by atoms with Crippen LogP contribution in [0.5, 0.6) is 0 Å². The highest BCUT2D eigenvalue weighted by Gasteiger charge is 2.30. The van der Waals surface area contributed by atoms with Gasteiger partial charge in [-0.15, -0.1) is 0 Å². The molecule has 0 spiro atoms. The van der Waals surface area contributed by atoms with E-state index in [2.05, 4.69) is 10.6 Å². The van der Waals surface area contributed by atoms with Crippen LogP contribution in [-0.4, -0.2) is 37.2 Å². The van der Waals surface area contributed by atoms with Crippen LogP contribution in [0.15, 0.2) is 11.3 Å². The molecule has 0 bridgehead atoms. The fourth-order valence-electron chi connectivity index (χ4n) is 3.42. The Balaban J connectivity index is 1.90. The number of amides is 2. The molecule has 1 aliphatic heterocycles. The summed E-state index contributed by atoms with van der Waals surface area (Å²) >= 11 is 0. The molecule has 1 atom stereocenters. The van der Waals surface area contributed by atoms with E-state index in [1.54, 1.807) is 13.8 Å². The van der Waals surface area contributed by atoms with Crippen molar-refractivity contribution >= 4 is 18.0 Å². The maximum Gasteiger partial charge on any atom is 0.338 e. The van der Waals surface area contributed by atoms with Crippen molar-refractivity contribution in [1.82, 2.24) is 10.6 Å². The third-order valence-electron chi connectivity index (χ3n) is 4.72. The third kappa shape index (κ3) is 5.76. The maximum absolute atomic E-state index is 12.1. The van der Waals surface area contributed by atoms with Crippen molar-refractivity contribution in [2.45, 2.75) is 64.8 Å². The van der Waals surface area contributed by atoms with Crippen molar-refractivity contribution < 1.29 is 23.9 Å². The van der Waals surface area contributed by atoms with Gasteiger partial charge in [-0.05, 0) is 26.2 Å². The molecule has 0 saturated heterocycles. The van der Waals surface area contributed by atoms with Crippen LogP contribution in [0.25, 0.3) is 0 Å². The predicted octanol–water partition coefficient (Wildman–Crippen LogP) is 2.41. The molecule has 7 heteroatoms. The Labute approximate surface area is 148 Å². The molecule has 25 heavy (non-hydrogen) atoms. The summed E-state index contributed by atoms with van der Waals surface area (Å²) in [6, 6.07) is -0.919. The van der Waals surface area contributed by atoms with Crippen LogP contribution in [0.3, 0.4) is 0 Å². The predicted molar refractivity (Wildman–Crippen MR) is 91.6 cm³/mol. The first-order chi connectivity index (χ1) is 12.0. The van der Waals surface area contributed by atoms with Crippen molar-refractivity contribution in [2.24, 2.45) is 5.92 Å². The van der Waals surface area contributed by atoms with Crippen LogP contribution in [0.2, 0.25) is 0 Å². The van der Waals surface area contributed by atoms with Crippen molar-refractivity contribution in [3.8, 4) is 0 Å². The van der Waals surface area contributed by atoms with Crippen molar-refractivity contribution in [3.05, 3.63) is 11.3 Å². The van der Waals surface area contributed by atoms with Gasteiger partial charge in [0.15, 0.2) is 0 Å². The molecule has 0 aromatic rings. The summed E-state index contributed by atoms with van der Waals surface area (Å²) in [4.78, 5) is 35.7. The highest BCUT2D eigenvalue weighted by atomic mass is 16.5. The lowest BCUT2D eigenvalue weighted by atomic mass is 9.86. The molecule has 7 nitrogen and oxygen atoms in total. The normalized spacial score (nSPS) is 21.4. The number of carbonyl (C=O) groups is 3. The Hall–Kier alpha value is -2.05. The van der Waals surface area contributed by atoms with E-state index in [4.69, 9.17) is 9.47 Å². The largest absolute Gasteiger partial charge is 0.463 e. The fraction of sp³-hybridized carbons (Fsp3) is 0.722. The molecule has 1 aliphatic carbocycles. The molecule has 1 heterocycles. The SMILES string of the molecule is CCOC(=O)C1=C(COC(=O)CCC2CCCCC2)NC(=O)N[C@@H]1C. The number of hydrogen-bond acceptors (Lipinski definition) is 5. The molecule has 140 valence electrons. The van der Waals surface area contributed by atoms with E-state index in [0.29, 0.717) is 23.6 Å².